The van der Waals surface area contributed by atoms with E-state index in [0.717, 1.165) is 5.56 Å². The third kappa shape index (κ3) is 4.85. The quantitative estimate of drug-likeness (QED) is 0.441. The number of halogens is 1. The van der Waals surface area contributed by atoms with Crippen LogP contribution in [0.4, 0.5) is 15.8 Å². The number of carbonyl (C=O) groups excluding carboxylic acids is 1. The van der Waals surface area contributed by atoms with Crippen LogP contribution in [0, 0.1) is 15.9 Å². The first-order valence-electron chi connectivity index (χ1n) is 9.70. The van der Waals surface area contributed by atoms with E-state index in [1.807, 2.05) is 13.8 Å². The minimum atomic E-state index is -0.589. The Bertz CT molecular complexity index is 922. The van der Waals surface area contributed by atoms with Gasteiger partial charge in [0.15, 0.2) is 12.3 Å². The van der Waals surface area contributed by atoms with Crippen molar-refractivity contribution in [3.8, 4) is 5.75 Å². The van der Waals surface area contributed by atoms with Crippen LogP contribution in [-0.4, -0.2) is 52.4 Å². The van der Waals surface area contributed by atoms with Crippen LogP contribution >= 0.6 is 0 Å². The number of carbonyl (C=O) groups is 1. The van der Waals surface area contributed by atoms with E-state index in [1.165, 1.54) is 30.3 Å². The molecule has 9 heteroatoms. The van der Waals surface area contributed by atoms with E-state index in [4.69, 9.17) is 10.5 Å². The fourth-order valence-electron chi connectivity index (χ4n) is 3.63. The molecule has 160 valence electrons. The number of nitrogens with two attached hydrogens (primary N) is 1. The molecule has 1 aliphatic heterocycles. The van der Waals surface area contributed by atoms with Gasteiger partial charge in [0.2, 0.25) is 0 Å². The second kappa shape index (κ2) is 9.08. The van der Waals surface area contributed by atoms with Gasteiger partial charge in [-0.25, -0.2) is 4.39 Å². The Hall–Kier alpha value is -3.20. The molecule has 0 spiro atoms. The van der Waals surface area contributed by atoms with Gasteiger partial charge in [-0.3, -0.25) is 19.8 Å². The van der Waals surface area contributed by atoms with Crippen LogP contribution < -0.4 is 10.5 Å². The number of benzene rings is 2. The Kier molecular flexibility index (Phi) is 6.51. The highest BCUT2D eigenvalue weighted by molar-refractivity contribution is 5.79. The molecule has 30 heavy (non-hydrogen) atoms. The van der Waals surface area contributed by atoms with Gasteiger partial charge in [-0.05, 0) is 37.6 Å². The minimum absolute atomic E-state index is 0.0415. The molecule has 2 N–H and O–H groups in total. The standard InChI is InChI=1S/C21H25FN4O4/c1-14-11-25(15(2)10-24(14)12-16-6-8-17(22)9-7-16)20(27)13-30-19-5-3-4-18(21(19)23)26(28)29/h3-9,14-15H,10-13,23H2,1-2H3. The topological polar surface area (TPSA) is 102 Å². The van der Waals surface area contributed by atoms with Crippen LogP contribution in [0.25, 0.3) is 0 Å². The first-order valence-corrected chi connectivity index (χ1v) is 9.70. The second-order valence-corrected chi connectivity index (χ2v) is 7.53. The fraction of sp³-hybridized carbons (Fsp3) is 0.381. The van der Waals surface area contributed by atoms with Crippen molar-refractivity contribution < 1.29 is 18.8 Å². The van der Waals surface area contributed by atoms with Gasteiger partial charge in [0.05, 0.1) is 4.92 Å². The van der Waals surface area contributed by atoms with Gasteiger partial charge in [-0.1, -0.05) is 18.2 Å². The number of hydrogen-bond donors (Lipinski definition) is 1. The molecule has 2 atom stereocenters. The zero-order valence-corrected chi connectivity index (χ0v) is 17.0. The molecule has 1 heterocycles. The van der Waals surface area contributed by atoms with Gasteiger partial charge < -0.3 is 15.4 Å². The average Bonchev–Trinajstić information content (AvgIpc) is 2.71. The normalized spacial score (nSPS) is 19.5. The molecule has 1 fully saturated rings. The van der Waals surface area contributed by atoms with Gasteiger partial charge >= 0.3 is 0 Å². The molecule has 0 saturated carbocycles. The Morgan fingerprint density at radius 2 is 1.90 bits per heavy atom. The molecule has 0 bridgehead atoms. The Morgan fingerprint density at radius 1 is 1.20 bits per heavy atom. The third-order valence-electron chi connectivity index (χ3n) is 5.33. The predicted molar refractivity (Wildman–Crippen MR) is 110 cm³/mol. The molecule has 2 aromatic rings. The molecule has 8 nitrogen and oxygen atoms in total. The van der Waals surface area contributed by atoms with Crippen molar-refractivity contribution in [2.24, 2.45) is 0 Å². The Morgan fingerprint density at radius 3 is 2.57 bits per heavy atom. The Labute approximate surface area is 174 Å². The summed E-state index contributed by atoms with van der Waals surface area (Å²) in [6, 6.07) is 10.7. The summed E-state index contributed by atoms with van der Waals surface area (Å²) >= 11 is 0. The molecule has 0 aromatic heterocycles. The zero-order valence-electron chi connectivity index (χ0n) is 17.0. The van der Waals surface area contributed by atoms with Crippen molar-refractivity contribution in [3.63, 3.8) is 0 Å². The summed E-state index contributed by atoms with van der Waals surface area (Å²) in [5, 5.41) is 11.0. The third-order valence-corrected chi connectivity index (χ3v) is 5.33. The van der Waals surface area contributed by atoms with Crippen molar-refractivity contribution >= 4 is 17.3 Å². The van der Waals surface area contributed by atoms with Crippen molar-refractivity contribution in [3.05, 3.63) is 64.0 Å². The van der Waals surface area contributed by atoms with Gasteiger partial charge in [-0.2, -0.15) is 0 Å². The number of amides is 1. The molecule has 1 aliphatic rings. The molecule has 0 radical (unpaired) electrons. The predicted octanol–water partition coefficient (Wildman–Crippen LogP) is 2.82. The van der Waals surface area contributed by atoms with Gasteiger partial charge in [-0.15, -0.1) is 0 Å². The minimum Gasteiger partial charge on any atom is -0.481 e. The van der Waals surface area contributed by atoms with Crippen LogP contribution in [0.15, 0.2) is 42.5 Å². The highest BCUT2D eigenvalue weighted by atomic mass is 19.1. The summed E-state index contributed by atoms with van der Waals surface area (Å²) in [7, 11) is 0. The van der Waals surface area contributed by atoms with Crippen LogP contribution in [0.3, 0.4) is 0 Å². The maximum atomic E-state index is 13.1. The smallest absolute Gasteiger partial charge is 0.295 e. The van der Waals surface area contributed by atoms with E-state index in [9.17, 15) is 19.3 Å². The van der Waals surface area contributed by atoms with Gasteiger partial charge in [0, 0.05) is 37.8 Å². The van der Waals surface area contributed by atoms with Crippen molar-refractivity contribution in [2.45, 2.75) is 32.5 Å². The maximum Gasteiger partial charge on any atom is 0.295 e. The second-order valence-electron chi connectivity index (χ2n) is 7.53. The SMILES string of the molecule is CC1CN(C(=O)COc2cccc([N+](=O)[O-])c2N)C(C)CN1Cc1ccc(F)cc1. The lowest BCUT2D eigenvalue weighted by Crippen LogP contribution is -2.58. The molecule has 2 unspecified atom stereocenters. The lowest BCUT2D eigenvalue weighted by Gasteiger charge is -2.44. The van der Waals surface area contributed by atoms with E-state index < -0.39 is 4.92 Å². The van der Waals surface area contributed by atoms with Crippen molar-refractivity contribution in [1.29, 1.82) is 0 Å². The van der Waals surface area contributed by atoms with Crippen molar-refractivity contribution in [2.75, 3.05) is 25.4 Å². The summed E-state index contributed by atoms with van der Waals surface area (Å²) < 4.78 is 18.6. The fourth-order valence-corrected chi connectivity index (χ4v) is 3.63. The molecule has 1 amide bonds. The lowest BCUT2D eigenvalue weighted by molar-refractivity contribution is -0.384. The average molecular weight is 416 g/mol. The van der Waals surface area contributed by atoms with Crippen LogP contribution in [-0.2, 0) is 11.3 Å². The molecular weight excluding hydrogens is 391 g/mol. The van der Waals surface area contributed by atoms with Crippen LogP contribution in [0.5, 0.6) is 5.75 Å². The van der Waals surface area contributed by atoms with Crippen LogP contribution in [0.2, 0.25) is 0 Å². The number of hydrogen-bond acceptors (Lipinski definition) is 6. The number of rotatable bonds is 6. The number of nitrogen functional groups attached to an aromatic ring is 1. The van der Waals surface area contributed by atoms with Crippen LogP contribution in [0.1, 0.15) is 19.4 Å². The van der Waals surface area contributed by atoms with Crippen molar-refractivity contribution in [1.82, 2.24) is 9.80 Å². The number of nitro groups is 1. The summed E-state index contributed by atoms with van der Waals surface area (Å²) in [6.07, 6.45) is 0. The zero-order chi connectivity index (χ0) is 21.8. The monoisotopic (exact) mass is 416 g/mol. The van der Waals surface area contributed by atoms with E-state index in [0.29, 0.717) is 19.6 Å². The molecule has 3 rings (SSSR count). The first kappa shape index (κ1) is 21.5. The number of ether oxygens (including phenoxy) is 1. The molecule has 2 aromatic carbocycles. The molecular formula is C21H25FN4O4. The highest BCUT2D eigenvalue weighted by Crippen LogP contribution is 2.31. The summed E-state index contributed by atoms with van der Waals surface area (Å²) in [5.41, 5.74) is 6.44. The number of para-hydroxylation sites is 1. The Balaban J connectivity index is 1.59. The summed E-state index contributed by atoms with van der Waals surface area (Å²) in [5.74, 6) is -0.352. The summed E-state index contributed by atoms with van der Waals surface area (Å²) in [6.45, 7) is 5.62. The first-order chi connectivity index (χ1) is 14.3. The van der Waals surface area contributed by atoms with Gasteiger partial charge in [0.1, 0.15) is 11.6 Å². The summed E-state index contributed by atoms with van der Waals surface area (Å²) in [4.78, 5) is 27.1. The van der Waals surface area contributed by atoms with E-state index >= 15 is 0 Å². The number of anilines is 1. The highest BCUT2D eigenvalue weighted by Gasteiger charge is 2.32. The van der Waals surface area contributed by atoms with E-state index in [1.54, 1.807) is 17.0 Å². The van der Waals surface area contributed by atoms with E-state index in [-0.39, 0.29) is 47.5 Å². The maximum absolute atomic E-state index is 13.1. The number of nitro benzene ring substituents is 1. The molecule has 0 aliphatic carbocycles. The molecule has 1 saturated heterocycles. The van der Waals surface area contributed by atoms with E-state index in [2.05, 4.69) is 4.90 Å². The largest absolute Gasteiger partial charge is 0.481 e. The lowest BCUT2D eigenvalue weighted by atomic mass is 10.1. The number of nitrogens with zero attached hydrogens (tertiary/aromatic N) is 3. The van der Waals surface area contributed by atoms with Gasteiger partial charge in [0.25, 0.3) is 11.6 Å². The number of piperazine rings is 1.